The zero-order chi connectivity index (χ0) is 92.5. The second-order valence-corrected chi connectivity index (χ2v) is 63.0. The van der Waals surface area contributed by atoms with E-state index >= 15 is 0 Å². The monoisotopic (exact) mass is 1850 g/mol. The Labute approximate surface area is 762 Å². The van der Waals surface area contributed by atoms with E-state index in [1.54, 1.807) is 0 Å². The van der Waals surface area contributed by atoms with E-state index in [-0.39, 0.29) is 74.8 Å². The summed E-state index contributed by atoms with van der Waals surface area (Å²) in [4.78, 5) is 45.0. The van der Waals surface area contributed by atoms with Gasteiger partial charge in [-0.1, -0.05) is 258 Å². The van der Waals surface area contributed by atoms with E-state index in [4.69, 9.17) is 32.3 Å². The number of aldehydes is 1. The van der Waals surface area contributed by atoms with Crippen molar-refractivity contribution in [3.8, 4) is 0 Å². The Balaban J connectivity index is 0.000000273. The van der Waals surface area contributed by atoms with E-state index in [1.165, 1.54) is 52.5 Å². The van der Waals surface area contributed by atoms with Crippen LogP contribution in [-0.4, -0.2) is 134 Å². The number of halogens is 1. The molecule has 3 fully saturated rings. The normalized spacial score (nSPS) is 22.0. The zero-order valence-electron chi connectivity index (χ0n) is 81.3. The van der Waals surface area contributed by atoms with Crippen molar-refractivity contribution in [2.24, 2.45) is 35.5 Å². The molecule has 0 bridgehead atoms. The molecule has 6 aromatic rings. The molecule has 20 heteroatoms. The van der Waals surface area contributed by atoms with Gasteiger partial charge in [0.2, 0.25) is 0 Å². The average molecular weight is 1850 g/mol. The van der Waals surface area contributed by atoms with Crippen molar-refractivity contribution in [1.29, 1.82) is 0 Å². The smallest absolute Gasteiger partial charge is 0.305 e. The number of hydrogen-bond donors (Lipinski definition) is 5. The van der Waals surface area contributed by atoms with Gasteiger partial charge in [-0.25, -0.2) is 0 Å². The topological polar surface area (TPSA) is 225 Å². The molecule has 3 saturated carbocycles. The molecule has 0 radical (unpaired) electrons. The zero-order valence-corrected chi connectivity index (χ0v) is 86.9. The summed E-state index contributed by atoms with van der Waals surface area (Å²) in [6.07, 6.45) is 22.1. The van der Waals surface area contributed by atoms with Crippen LogP contribution in [0.5, 0.6) is 0 Å². The number of carbonyl (C=O) groups is 4. The first-order valence-electron chi connectivity index (χ1n) is 47.2. The highest BCUT2D eigenvalue weighted by atomic mass is 79.9. The maximum atomic E-state index is 11.6. The molecular formula is C104H167BrO15Si4. The molecule has 696 valence electrons. The molecule has 6 aromatic carbocycles. The number of aliphatic hydroxyl groups is 4. The Hall–Kier alpha value is -4.79. The number of methoxy groups -OCH3 is 2. The molecule has 0 amide bonds. The third-order valence-corrected chi connectivity index (χ3v) is 47.9. The van der Waals surface area contributed by atoms with Crippen molar-refractivity contribution in [2.45, 2.75) is 399 Å². The van der Waals surface area contributed by atoms with Gasteiger partial charge in [0.1, 0.15) is 6.29 Å². The quantitative estimate of drug-likeness (QED) is 0.0104. The van der Waals surface area contributed by atoms with Crippen molar-refractivity contribution in [2.75, 3.05) is 14.2 Å². The lowest BCUT2D eigenvalue weighted by molar-refractivity contribution is -0.141. The fraction of sp³-hybridized carbons (Fsp3) is 0.673. The molecule has 14 atom stereocenters. The molecule has 124 heavy (non-hydrogen) atoms. The van der Waals surface area contributed by atoms with Gasteiger partial charge in [-0.15, -0.1) is 0 Å². The molecule has 14 unspecified atom stereocenters. The van der Waals surface area contributed by atoms with Crippen LogP contribution in [0, 0.1) is 56.3 Å². The molecule has 3 aliphatic carbocycles. The summed E-state index contributed by atoms with van der Waals surface area (Å²) in [5.41, 5.74) is 5.65. The van der Waals surface area contributed by atoms with Gasteiger partial charge in [0.15, 0.2) is 33.3 Å². The minimum absolute atomic E-state index is 0.00762. The van der Waals surface area contributed by atoms with Crippen LogP contribution in [0.2, 0.25) is 72.5 Å². The van der Waals surface area contributed by atoms with Crippen LogP contribution in [0.4, 0.5) is 0 Å². The van der Waals surface area contributed by atoms with Crippen LogP contribution in [0.25, 0.3) is 32.3 Å². The van der Waals surface area contributed by atoms with Gasteiger partial charge >= 0.3 is 17.9 Å². The number of ether oxygens (including phenoxy) is 2. The summed E-state index contributed by atoms with van der Waals surface area (Å²) in [6.45, 7) is 52.9. The van der Waals surface area contributed by atoms with Crippen LogP contribution in [-0.2, 0) is 46.4 Å². The highest BCUT2D eigenvalue weighted by molar-refractivity contribution is 9.10. The third kappa shape index (κ3) is 33.2. The van der Waals surface area contributed by atoms with E-state index < -0.39 is 63.7 Å². The van der Waals surface area contributed by atoms with Crippen molar-refractivity contribution in [3.05, 3.63) is 141 Å². The summed E-state index contributed by atoms with van der Waals surface area (Å²) in [6, 6.07) is 38.0. The Bertz CT molecular complexity index is 4230. The number of hydrogen-bond acceptors (Lipinski definition) is 14. The lowest BCUT2D eigenvalue weighted by Gasteiger charge is -2.40. The molecule has 0 spiro atoms. The number of aliphatic carboxylic acids is 1. The minimum Gasteiger partial charge on any atom is -0.481 e. The van der Waals surface area contributed by atoms with E-state index in [1.807, 2.05) is 18.2 Å². The highest BCUT2D eigenvalue weighted by Crippen LogP contribution is 2.52. The summed E-state index contributed by atoms with van der Waals surface area (Å²) in [5, 5.41) is 59.7. The molecule has 3 aliphatic rings. The van der Waals surface area contributed by atoms with Gasteiger partial charge < -0.3 is 57.5 Å². The van der Waals surface area contributed by atoms with Crippen LogP contribution < -0.4 is 0 Å². The molecule has 0 aliphatic heterocycles. The van der Waals surface area contributed by atoms with Gasteiger partial charge in [-0.3, -0.25) is 14.4 Å². The van der Waals surface area contributed by atoms with Crippen LogP contribution in [0.1, 0.15) is 296 Å². The van der Waals surface area contributed by atoms with Crippen LogP contribution >= 0.6 is 15.9 Å². The lowest BCUT2D eigenvalue weighted by Crippen LogP contribution is -2.45. The fourth-order valence-corrected chi connectivity index (χ4v) is 23.5. The molecular weight excluding hydrogens is 1680 g/mol. The summed E-state index contributed by atoms with van der Waals surface area (Å²) in [5.74, 6) is 0.529. The highest BCUT2D eigenvalue weighted by Gasteiger charge is 2.53. The van der Waals surface area contributed by atoms with Crippen molar-refractivity contribution in [3.63, 3.8) is 0 Å². The number of aryl methyl sites for hydroxylation is 3. The predicted molar refractivity (Wildman–Crippen MR) is 527 cm³/mol. The first-order valence-corrected chi connectivity index (χ1v) is 59.6. The molecule has 0 aromatic heterocycles. The predicted octanol–water partition coefficient (Wildman–Crippen LogP) is 27.4. The minimum atomic E-state index is -2.04. The second kappa shape index (κ2) is 48.9. The molecule has 9 rings (SSSR count). The number of aliphatic hydroxyl groups excluding tert-OH is 4. The molecule has 0 saturated heterocycles. The first kappa shape index (κ1) is 108. The summed E-state index contributed by atoms with van der Waals surface area (Å²) < 4.78 is 39.4. The summed E-state index contributed by atoms with van der Waals surface area (Å²) in [7, 11) is -5.02. The Morgan fingerprint density at radius 1 is 0.387 bits per heavy atom. The van der Waals surface area contributed by atoms with E-state index in [2.05, 4.69) is 263 Å². The van der Waals surface area contributed by atoms with Gasteiger partial charge in [-0.05, 0) is 286 Å². The maximum Gasteiger partial charge on any atom is 0.305 e. The number of carbonyl (C=O) groups excluding carboxylic acids is 3. The van der Waals surface area contributed by atoms with Crippen molar-refractivity contribution >= 4 is 106 Å². The number of benzene rings is 6. The lowest BCUT2D eigenvalue weighted by atomic mass is 9.84. The standard InChI is InChI=1S/C39H66O5Si2.C28H56O5Si2.C26H36O5.C11H9Br/c1-28-19-20-30-26-31(22-21-29(30)25-28)34(40)24-23-33-32(17-15-13-14-16-18-37(41)42-8)35(43-45(9,10)38(2,3)4)27-36(33)44-46(11,12)39(5,6)7;1-27(2,3)34(8,9)32-24-21-25(33-35(10,11)28(4,5)6)23(18-16-20-29)22(24)17-14-12-13-15-19-26(30)31-7;1-17-8-9-19-15-20(11-10-18(19)14-17)23(27)13-12-22-21(24(28)16-25(22)29)6-4-2-3-5-7-26(30)31;1-8-2-3-10-7-11(12)5-4-9(10)6-8/h19-22,25-26,32-36,40H,13-18,23-24,27H2,1-12H3;20,22-25H,12-19,21H2,1-11H3;8-11,14-15,21-25,27-29H,2-7,12-13,16H2,1H3,(H,30,31);2-7H,1H3. The average Bonchev–Trinajstić information content (AvgIpc) is 1.63. The SMILES string of the molecule is COC(=O)CCCCCCC1C(O[Si](C)(C)C(C)(C)C)CC(O[Si](C)(C)C(C)(C)C)C1CCC(O)c1ccc2cc(C)ccc2c1.COC(=O)CCCCCCC1C(O[Si](C)(C)C(C)(C)C)CC(O[Si](C)(C)C(C)(C)C)C1CCC=O.Cc1ccc2cc(Br)ccc2c1.Cc1ccc2cc(C(O)CCC3C(O)CC(O)C3CCCCCCC(=O)O)ccc2c1. The third-order valence-electron chi connectivity index (χ3n) is 29.4. The number of esters is 2. The van der Waals surface area contributed by atoms with E-state index in [0.29, 0.717) is 75.0 Å². The van der Waals surface area contributed by atoms with Crippen molar-refractivity contribution < 1.29 is 71.9 Å². The Morgan fingerprint density at radius 2 is 0.669 bits per heavy atom. The Kier molecular flexibility index (Phi) is 42.6. The Morgan fingerprint density at radius 3 is 1.01 bits per heavy atom. The first-order chi connectivity index (χ1) is 57.8. The fourth-order valence-electron chi connectivity index (χ4n) is 17.6. The van der Waals surface area contributed by atoms with Crippen LogP contribution in [0.15, 0.2) is 114 Å². The van der Waals surface area contributed by atoms with Gasteiger partial charge in [0.25, 0.3) is 0 Å². The second-order valence-electron chi connectivity index (χ2n) is 43.0. The molecule has 5 N–H and O–H groups in total. The van der Waals surface area contributed by atoms with Crippen LogP contribution in [0.3, 0.4) is 0 Å². The van der Waals surface area contributed by atoms with Crippen molar-refractivity contribution in [1.82, 2.24) is 0 Å². The van der Waals surface area contributed by atoms with E-state index in [0.717, 1.165) is 148 Å². The van der Waals surface area contributed by atoms with Gasteiger partial charge in [0, 0.05) is 30.2 Å². The number of rotatable bonds is 40. The van der Waals surface area contributed by atoms with E-state index in [9.17, 15) is 39.6 Å². The largest absolute Gasteiger partial charge is 0.481 e. The van der Waals surface area contributed by atoms with Gasteiger partial charge in [-0.2, -0.15) is 0 Å². The molecule has 0 heterocycles. The van der Waals surface area contributed by atoms with Gasteiger partial charge in [0.05, 0.1) is 63.1 Å². The maximum absolute atomic E-state index is 11.6. The molecule has 15 nitrogen and oxygen atoms in total. The number of carboxylic acids is 1. The number of unbranched alkanes of at least 4 members (excludes halogenated alkanes) is 9. The number of carboxylic acid groups (broad SMARTS) is 1. The number of fused-ring (bicyclic) bond motifs is 3. The summed E-state index contributed by atoms with van der Waals surface area (Å²) >= 11 is 3.45.